The molecular weight excluding hydrogens is 251 g/mol. The van der Waals surface area contributed by atoms with Gasteiger partial charge in [0.15, 0.2) is 6.29 Å². The fourth-order valence-corrected chi connectivity index (χ4v) is 5.45. The average Bonchev–Trinajstić information content (AvgIpc) is 2.43. The second-order valence-corrected chi connectivity index (χ2v) is 7.74. The van der Waals surface area contributed by atoms with Gasteiger partial charge in [-0.1, -0.05) is 26.2 Å². The van der Waals surface area contributed by atoms with E-state index in [9.17, 15) is 4.57 Å². The Bertz CT molecular complexity index is 260. The van der Waals surface area contributed by atoms with E-state index in [2.05, 4.69) is 0 Å². The minimum atomic E-state index is -2.65. The van der Waals surface area contributed by atoms with Crippen LogP contribution in [-0.2, 0) is 18.6 Å². The Labute approximate surface area is 111 Å². The Morgan fingerprint density at radius 3 is 2.28 bits per heavy atom. The van der Waals surface area contributed by atoms with E-state index < -0.39 is 13.7 Å². The Hall–Kier alpha value is 0.110. The van der Waals surface area contributed by atoms with E-state index in [0.29, 0.717) is 12.8 Å². The van der Waals surface area contributed by atoms with Gasteiger partial charge in [-0.25, -0.2) is 0 Å². The molecule has 0 amide bonds. The number of ether oxygens (including phenoxy) is 2. The molecule has 1 atom stereocenters. The van der Waals surface area contributed by atoms with Crippen LogP contribution < -0.4 is 0 Å². The zero-order chi connectivity index (χ0) is 13.4. The van der Waals surface area contributed by atoms with Gasteiger partial charge in [-0.3, -0.25) is 4.57 Å². The molecule has 1 aliphatic carbocycles. The summed E-state index contributed by atoms with van der Waals surface area (Å²) in [6.45, 7) is 2.60. The highest BCUT2D eigenvalue weighted by molar-refractivity contribution is 7.59. The van der Waals surface area contributed by atoms with Gasteiger partial charge in [-0.2, -0.15) is 0 Å². The van der Waals surface area contributed by atoms with Crippen LogP contribution >= 0.6 is 7.37 Å². The molecule has 0 saturated heterocycles. The van der Waals surface area contributed by atoms with Crippen LogP contribution in [0.4, 0.5) is 0 Å². The molecule has 108 valence electrons. The fourth-order valence-electron chi connectivity index (χ4n) is 2.48. The molecule has 5 heteroatoms. The van der Waals surface area contributed by atoms with Crippen molar-refractivity contribution in [3.05, 3.63) is 0 Å². The average molecular weight is 278 g/mol. The zero-order valence-corrected chi connectivity index (χ0v) is 12.8. The minimum absolute atomic E-state index is 0.200. The number of methoxy groups -OCH3 is 2. The Morgan fingerprint density at radius 2 is 1.78 bits per heavy atom. The van der Waals surface area contributed by atoms with Crippen LogP contribution in [0, 0.1) is 0 Å². The first-order valence-corrected chi connectivity index (χ1v) is 8.83. The predicted octanol–water partition coefficient (Wildman–Crippen LogP) is 3.64. The number of hydrogen-bond donors (Lipinski definition) is 0. The Balaban J connectivity index is 2.69. The van der Waals surface area contributed by atoms with Gasteiger partial charge in [0.2, 0.25) is 7.37 Å². The fraction of sp³-hybridized carbons (Fsp3) is 1.00. The van der Waals surface area contributed by atoms with E-state index in [1.165, 1.54) is 6.42 Å². The Morgan fingerprint density at radius 1 is 1.17 bits per heavy atom. The summed E-state index contributed by atoms with van der Waals surface area (Å²) in [6.07, 6.45) is 6.45. The van der Waals surface area contributed by atoms with Gasteiger partial charge >= 0.3 is 0 Å². The molecule has 1 aliphatic rings. The van der Waals surface area contributed by atoms with E-state index in [0.717, 1.165) is 32.1 Å². The molecule has 0 spiro atoms. The summed E-state index contributed by atoms with van der Waals surface area (Å²) >= 11 is 0. The van der Waals surface area contributed by atoms with Crippen LogP contribution in [0.5, 0.6) is 0 Å². The maximum Gasteiger partial charge on any atom is 0.211 e. The summed E-state index contributed by atoms with van der Waals surface area (Å²) in [7, 11) is 0.515. The summed E-state index contributed by atoms with van der Waals surface area (Å²) in [4.78, 5) is 0. The van der Waals surface area contributed by atoms with E-state index in [1.54, 1.807) is 14.2 Å². The van der Waals surface area contributed by atoms with Crippen LogP contribution in [0.3, 0.4) is 0 Å². The van der Waals surface area contributed by atoms with Crippen LogP contribution in [-0.4, -0.2) is 38.9 Å². The van der Waals surface area contributed by atoms with Gasteiger partial charge in [0, 0.05) is 19.9 Å². The number of rotatable bonds is 8. The van der Waals surface area contributed by atoms with Crippen molar-refractivity contribution in [1.82, 2.24) is 0 Å². The highest BCUT2D eigenvalue weighted by atomic mass is 31.2. The van der Waals surface area contributed by atoms with Gasteiger partial charge < -0.3 is 14.0 Å². The van der Waals surface area contributed by atoms with Gasteiger partial charge in [0.1, 0.15) is 0 Å². The molecule has 18 heavy (non-hydrogen) atoms. The molecule has 1 saturated carbocycles. The lowest BCUT2D eigenvalue weighted by Gasteiger charge is -2.32. The van der Waals surface area contributed by atoms with Crippen LogP contribution in [0.15, 0.2) is 0 Å². The highest BCUT2D eigenvalue weighted by Crippen LogP contribution is 2.57. The van der Waals surface area contributed by atoms with Crippen molar-refractivity contribution < 1.29 is 18.6 Å². The Kier molecular flexibility index (Phi) is 7.47. The topological polar surface area (TPSA) is 44.8 Å². The lowest BCUT2D eigenvalue weighted by atomic mass is 10.0. The van der Waals surface area contributed by atoms with E-state index in [4.69, 9.17) is 14.0 Å². The molecule has 0 heterocycles. The summed E-state index contributed by atoms with van der Waals surface area (Å²) in [5.41, 5.74) is 0.200. The lowest BCUT2D eigenvalue weighted by Crippen LogP contribution is -2.25. The van der Waals surface area contributed by atoms with Crippen LogP contribution in [0.25, 0.3) is 0 Å². The van der Waals surface area contributed by atoms with Crippen molar-refractivity contribution in [2.75, 3.05) is 27.0 Å². The van der Waals surface area contributed by atoms with Gasteiger partial charge in [0.25, 0.3) is 0 Å². The summed E-state index contributed by atoms with van der Waals surface area (Å²) in [5.74, 6) is 0. The third-order valence-electron chi connectivity index (χ3n) is 3.57. The quantitative estimate of drug-likeness (QED) is 0.502. The third-order valence-corrected chi connectivity index (χ3v) is 6.63. The van der Waals surface area contributed by atoms with Crippen molar-refractivity contribution in [1.29, 1.82) is 0 Å². The molecular formula is C13H27O4P. The van der Waals surface area contributed by atoms with Crippen molar-refractivity contribution in [2.24, 2.45) is 0 Å². The van der Waals surface area contributed by atoms with E-state index in [1.807, 2.05) is 6.92 Å². The largest absolute Gasteiger partial charge is 0.355 e. The molecule has 0 aromatic carbocycles. The molecule has 1 rings (SSSR count). The van der Waals surface area contributed by atoms with Crippen LogP contribution in [0.1, 0.15) is 45.4 Å². The molecule has 0 bridgehead atoms. The van der Waals surface area contributed by atoms with Gasteiger partial charge in [0.05, 0.1) is 12.8 Å². The first-order chi connectivity index (χ1) is 8.66. The summed E-state index contributed by atoms with van der Waals surface area (Å²) in [5, 5.41) is 0. The molecule has 0 aliphatic heterocycles. The maximum atomic E-state index is 13.1. The smallest absolute Gasteiger partial charge is 0.211 e. The van der Waals surface area contributed by atoms with Crippen molar-refractivity contribution in [3.63, 3.8) is 0 Å². The first-order valence-electron chi connectivity index (χ1n) is 6.95. The third kappa shape index (κ3) is 4.65. The van der Waals surface area contributed by atoms with E-state index in [-0.39, 0.29) is 5.66 Å². The summed E-state index contributed by atoms with van der Waals surface area (Å²) < 4.78 is 29.2. The normalized spacial score (nSPS) is 21.1. The lowest BCUT2D eigenvalue weighted by molar-refractivity contribution is -0.0868. The van der Waals surface area contributed by atoms with Crippen LogP contribution in [0.2, 0.25) is 0 Å². The van der Waals surface area contributed by atoms with Crippen molar-refractivity contribution in [3.8, 4) is 0 Å². The molecule has 4 nitrogen and oxygen atoms in total. The standard InChI is InChI=1S/C13H27O4P/c1-4-10-17-18(14,11-13(15-2)16-3)12-8-6-5-7-9-12/h12-13H,4-11H2,1-3H3/t18-/m1/s1. The predicted molar refractivity (Wildman–Crippen MR) is 73.4 cm³/mol. The monoisotopic (exact) mass is 278 g/mol. The van der Waals surface area contributed by atoms with Gasteiger partial charge in [-0.15, -0.1) is 0 Å². The first kappa shape index (κ1) is 16.2. The molecule has 0 N–H and O–H groups in total. The molecule has 0 radical (unpaired) electrons. The minimum Gasteiger partial charge on any atom is -0.355 e. The molecule has 0 unspecified atom stereocenters. The molecule has 0 aromatic heterocycles. The maximum absolute atomic E-state index is 13.1. The second kappa shape index (κ2) is 8.31. The number of hydrogen-bond acceptors (Lipinski definition) is 4. The van der Waals surface area contributed by atoms with Crippen molar-refractivity contribution >= 4 is 7.37 Å². The SMILES string of the molecule is CCCO[P@](=O)(CC(OC)OC)C1CCCCC1. The second-order valence-electron chi connectivity index (χ2n) is 4.93. The molecule has 1 fully saturated rings. The van der Waals surface area contributed by atoms with Gasteiger partial charge in [-0.05, 0) is 19.3 Å². The highest BCUT2D eigenvalue weighted by Gasteiger charge is 2.37. The molecule has 0 aromatic rings. The summed E-state index contributed by atoms with van der Waals surface area (Å²) in [6, 6.07) is 0. The van der Waals surface area contributed by atoms with Crippen molar-refractivity contribution in [2.45, 2.75) is 57.4 Å². The zero-order valence-electron chi connectivity index (χ0n) is 11.9. The van der Waals surface area contributed by atoms with E-state index >= 15 is 0 Å².